The number of nitrogens with two attached hydrogens (primary N) is 1. The van der Waals surface area contributed by atoms with Crippen molar-refractivity contribution in [3.05, 3.63) is 61.4 Å². The smallest absolute Gasteiger partial charge is 0.691 e. The zero-order chi connectivity index (χ0) is 32.0. The Hall–Kier alpha value is -2.38. The fourth-order valence-corrected chi connectivity index (χ4v) is 4.57. The molecule has 0 saturated heterocycles. The summed E-state index contributed by atoms with van der Waals surface area (Å²) in [5, 5.41) is 53.1. The van der Waals surface area contributed by atoms with E-state index >= 15 is 0 Å². The molecule has 0 saturated carbocycles. The zero-order valence-corrected chi connectivity index (χ0v) is 30.5. The van der Waals surface area contributed by atoms with Crippen molar-refractivity contribution < 1.29 is 107 Å². The van der Waals surface area contributed by atoms with Crippen molar-refractivity contribution in [1.82, 2.24) is 15.0 Å². The van der Waals surface area contributed by atoms with Crippen LogP contribution in [0.25, 0.3) is 10.8 Å². The van der Waals surface area contributed by atoms with Gasteiger partial charge in [-0.2, -0.15) is 28.0 Å². The Balaban J connectivity index is 0.00000384. The van der Waals surface area contributed by atoms with Gasteiger partial charge in [0.2, 0.25) is 11.9 Å². The van der Waals surface area contributed by atoms with Gasteiger partial charge in [0.05, 0.1) is 59.5 Å². The van der Waals surface area contributed by atoms with Crippen LogP contribution in [-0.2, 0) is 28.2 Å². The van der Waals surface area contributed by atoms with Crippen LogP contribution in [0, 0.1) is 6.08 Å². The number of ether oxygens (including phenoxy) is 2. The molecule has 0 unspecified atom stereocenters. The summed E-state index contributed by atoms with van der Waals surface area (Å²) in [5.41, 5.74) is 7.01. The minimum absolute atomic E-state index is 0. The van der Waals surface area contributed by atoms with Crippen molar-refractivity contribution in [2.75, 3.05) is 42.7 Å². The number of nitrogens with one attached hydrogen (secondary N) is 2. The Morgan fingerprint density at radius 2 is 1.72 bits per heavy atom. The number of nitrogens with zero attached hydrogens (tertiary/aromatic N) is 5. The third kappa shape index (κ3) is 12.5. The minimum atomic E-state index is -1.04. The minimum Gasteiger partial charge on any atom is -0.691 e. The maximum Gasteiger partial charge on any atom is 1.00 e. The van der Waals surface area contributed by atoms with Crippen molar-refractivity contribution in [3.8, 4) is 5.75 Å². The summed E-state index contributed by atoms with van der Waals surface area (Å²) in [4.78, 5) is 12.0. The average molecular weight is 709 g/mol. The van der Waals surface area contributed by atoms with Gasteiger partial charge in [0.25, 0.3) is 0 Å². The molecule has 0 aliphatic rings. The fraction of sp³-hybridized carbons (Fsp3) is 0.160. The normalized spacial score (nSPS) is 10.8. The van der Waals surface area contributed by atoms with E-state index in [0.717, 1.165) is 0 Å². The van der Waals surface area contributed by atoms with Crippen LogP contribution >= 0.6 is 24.1 Å². The number of nitrogen functional groups attached to an aromatic ring is 1. The van der Waals surface area contributed by atoms with E-state index in [4.69, 9.17) is 15.2 Å². The van der Waals surface area contributed by atoms with Crippen LogP contribution in [-0.4, -0.2) is 46.4 Å². The molecule has 0 fully saturated rings. The van der Waals surface area contributed by atoms with E-state index < -0.39 is 6.08 Å². The number of rotatable bonds is 18. The number of halogens is 1. The second-order valence-corrected chi connectivity index (χ2v) is 9.84. The monoisotopic (exact) mass is 708 g/mol. The molecule has 238 valence electrons. The molecule has 5 N–H and O–H groups in total. The molecule has 0 bridgehead atoms. The Bertz CT molecular complexity index is 1650. The number of hydrogen-bond acceptors (Lipinski definition) is 19. The zero-order valence-electron chi connectivity index (χ0n) is 24.9. The molecule has 4 aromatic rings. The molecule has 1 aromatic heterocycles. The van der Waals surface area contributed by atoms with Crippen LogP contribution in [0.2, 0.25) is 0 Å². The molecule has 17 nitrogen and oxygen atoms in total. The van der Waals surface area contributed by atoms with Gasteiger partial charge in [-0.05, 0) is 41.8 Å². The van der Waals surface area contributed by atoms with Gasteiger partial charge in [-0.15, -0.1) is 10.2 Å². The van der Waals surface area contributed by atoms with Crippen LogP contribution in [0.3, 0.4) is 0 Å². The Kier molecular flexibility index (Phi) is 18.7. The van der Waals surface area contributed by atoms with E-state index in [1.807, 2.05) is 0 Å². The number of hydrogen-bond donors (Lipinski definition) is 4. The van der Waals surface area contributed by atoms with Gasteiger partial charge in [0.1, 0.15) is 23.7 Å². The fourth-order valence-electron chi connectivity index (χ4n) is 3.66. The third-order valence-electron chi connectivity index (χ3n) is 5.46. The second-order valence-electron chi connectivity index (χ2n) is 8.32. The predicted molar refractivity (Wildman–Crippen MR) is 155 cm³/mol. The maximum atomic E-state index is 14.1. The summed E-state index contributed by atoms with van der Waals surface area (Å²) in [5.74, 6) is -0.376. The summed E-state index contributed by atoms with van der Waals surface area (Å²) >= 11 is 1.12. The number of azo groups is 1. The van der Waals surface area contributed by atoms with Crippen LogP contribution in [0.1, 0.15) is 0 Å². The van der Waals surface area contributed by atoms with Crippen molar-refractivity contribution in [2.45, 2.75) is 9.79 Å². The summed E-state index contributed by atoms with van der Waals surface area (Å²) < 4.78 is 33.2. The molecule has 3 aromatic carbocycles. The Morgan fingerprint density at radius 3 is 2.49 bits per heavy atom. The Morgan fingerprint density at radius 1 is 0.957 bits per heavy atom. The molecule has 0 aliphatic carbocycles. The Labute approximate surface area is 319 Å². The van der Waals surface area contributed by atoms with Gasteiger partial charge < -0.3 is 41.5 Å². The first-order chi connectivity index (χ1) is 21.9. The number of aromatic hydroxyl groups is 1. The predicted octanol–water partition coefficient (Wildman–Crippen LogP) is -2.33. The molecule has 4 rings (SSSR count). The SMILES string of the molecule is C=COCCOCCNc1nc(F)nc(Nc2ccc(N=Nc3c(N)ccc4cc(SOO[O-])cc(O)c34)c(SOO[O-])c2)n1.[Na+].[Na+]. The van der Waals surface area contributed by atoms with Crippen LogP contribution in [0.5, 0.6) is 5.75 Å². The topological polar surface area (TPSA) is 235 Å². The molecular weight excluding hydrogens is 685 g/mol. The number of anilines is 4. The summed E-state index contributed by atoms with van der Waals surface area (Å²) in [6.45, 7) is 4.70. The van der Waals surface area contributed by atoms with E-state index in [1.54, 1.807) is 24.3 Å². The van der Waals surface area contributed by atoms with Gasteiger partial charge in [0, 0.05) is 17.1 Å². The second kappa shape index (κ2) is 21.6. The number of phenols is 1. The molecule has 0 spiro atoms. The number of aromatic nitrogens is 3. The van der Waals surface area contributed by atoms with Crippen molar-refractivity contribution >= 4 is 69.5 Å². The van der Waals surface area contributed by atoms with Gasteiger partial charge in [0.15, 0.2) is 0 Å². The molecule has 1 heterocycles. The molecule has 0 radical (unpaired) electrons. The van der Waals surface area contributed by atoms with Gasteiger partial charge in [-0.25, -0.2) is 0 Å². The summed E-state index contributed by atoms with van der Waals surface area (Å²) in [6.07, 6.45) is 0.276. The van der Waals surface area contributed by atoms with Gasteiger partial charge >= 0.3 is 65.2 Å². The first kappa shape index (κ1) is 40.8. The number of fused-ring (bicyclic) bond motifs is 1. The number of benzene rings is 3. The molecular formula is C25H23FN8Na2O9S2. The van der Waals surface area contributed by atoms with Gasteiger partial charge in [-0.3, -0.25) is 10.1 Å². The van der Waals surface area contributed by atoms with Crippen molar-refractivity contribution in [3.63, 3.8) is 0 Å². The largest absolute Gasteiger partial charge is 1.00 e. The summed E-state index contributed by atoms with van der Waals surface area (Å²) in [6, 6.07) is 10.7. The molecule has 22 heteroatoms. The molecule has 0 atom stereocenters. The molecule has 0 aliphatic heterocycles. The average Bonchev–Trinajstić information content (AvgIpc) is 3.02. The quantitative estimate of drug-likeness (QED) is 0.0124. The van der Waals surface area contributed by atoms with E-state index in [9.17, 15) is 20.0 Å². The van der Waals surface area contributed by atoms with Crippen molar-refractivity contribution in [2.24, 2.45) is 10.2 Å². The van der Waals surface area contributed by atoms with Crippen molar-refractivity contribution in [1.29, 1.82) is 0 Å². The van der Waals surface area contributed by atoms with Crippen LogP contribution in [0.4, 0.5) is 39.0 Å². The molecule has 0 amide bonds. The van der Waals surface area contributed by atoms with Crippen LogP contribution in [0.15, 0.2) is 75.3 Å². The van der Waals surface area contributed by atoms with E-state index in [2.05, 4.69) is 61.1 Å². The first-order valence-corrected chi connectivity index (χ1v) is 14.0. The molecule has 47 heavy (non-hydrogen) atoms. The van der Waals surface area contributed by atoms with Crippen LogP contribution < -0.4 is 86.0 Å². The van der Waals surface area contributed by atoms with E-state index in [1.165, 1.54) is 24.5 Å². The standard InChI is InChI=1S/C25H25FN8O9S2.2Na/c1-2-38-9-10-39-8-7-28-24-30-23(26)31-25(32-24)29-15-4-6-18(20(12-15)45-43-41-37)33-34-22-17(27)5-3-14-11-16(44-42-40-36)13-19(35)21(14)22;;/h2-6,11-13,35-37H,1,7-10,27H2,(H2,28,29,30,31,32);;/q;2*+1/p-2. The maximum absolute atomic E-state index is 14.1. The van der Waals surface area contributed by atoms with E-state index in [-0.39, 0.29) is 117 Å². The number of phenolic OH excluding ortho intramolecular Hbond substituents is 1. The summed E-state index contributed by atoms with van der Waals surface area (Å²) in [7, 11) is 0. The first-order valence-electron chi connectivity index (χ1n) is 12.5. The van der Waals surface area contributed by atoms with E-state index in [0.29, 0.717) is 53.3 Å². The van der Waals surface area contributed by atoms with Gasteiger partial charge in [-0.1, -0.05) is 12.6 Å². The third-order valence-corrected chi connectivity index (χ3v) is 6.64.